The summed E-state index contributed by atoms with van der Waals surface area (Å²) in [6.07, 6.45) is 6.23. The van der Waals surface area contributed by atoms with E-state index in [1.807, 2.05) is 26.0 Å². The van der Waals surface area contributed by atoms with Crippen molar-refractivity contribution in [3.05, 3.63) is 58.0 Å². The van der Waals surface area contributed by atoms with Crippen molar-refractivity contribution in [3.63, 3.8) is 0 Å². The average molecular weight is 468 g/mol. The summed E-state index contributed by atoms with van der Waals surface area (Å²) in [5.74, 6) is 2.65. The maximum atomic E-state index is 5.78. The van der Waals surface area contributed by atoms with Gasteiger partial charge in [-0.1, -0.05) is 43.5 Å². The van der Waals surface area contributed by atoms with E-state index in [2.05, 4.69) is 27.4 Å². The van der Waals surface area contributed by atoms with Crippen LogP contribution in [0.3, 0.4) is 0 Å². The quantitative estimate of drug-likeness (QED) is 0.342. The Morgan fingerprint density at radius 1 is 1.31 bits per heavy atom. The summed E-state index contributed by atoms with van der Waals surface area (Å²) in [6.45, 7) is 6.11. The van der Waals surface area contributed by atoms with Crippen LogP contribution in [0.5, 0.6) is 0 Å². The first-order valence-electron chi connectivity index (χ1n) is 9.50. The predicted molar refractivity (Wildman–Crippen MR) is 109 cm³/mol. The molecule has 1 radical (unpaired) electrons. The van der Waals surface area contributed by atoms with E-state index >= 15 is 0 Å². The van der Waals surface area contributed by atoms with Gasteiger partial charge in [0.15, 0.2) is 5.82 Å². The molecule has 1 aromatic carbocycles. The van der Waals surface area contributed by atoms with Crippen molar-refractivity contribution in [3.8, 4) is 0 Å². The Bertz CT molecular complexity index is 946. The largest absolute Gasteiger partial charge is 0.660 e. The fraction of sp³-hybridized carbons (Fsp3) is 0.450. The summed E-state index contributed by atoms with van der Waals surface area (Å²) in [7, 11) is 0. The van der Waals surface area contributed by atoms with Crippen LogP contribution in [0.1, 0.15) is 49.0 Å². The van der Waals surface area contributed by atoms with Crippen molar-refractivity contribution in [2.24, 2.45) is 22.4 Å². The van der Waals surface area contributed by atoms with E-state index in [4.69, 9.17) is 21.3 Å². The minimum atomic E-state index is -0.108. The number of rotatable bonds is 3. The number of hydrogen-bond acceptors (Lipinski definition) is 5. The summed E-state index contributed by atoms with van der Waals surface area (Å²) >= 11 is 0. The molecule has 3 fully saturated rings. The van der Waals surface area contributed by atoms with Crippen molar-refractivity contribution in [2.75, 3.05) is 0 Å². The number of hydrogen-bond donors (Lipinski definition) is 2. The Morgan fingerprint density at radius 2 is 2.03 bits per heavy atom. The predicted octanol–water partition coefficient (Wildman–Crippen LogP) is 3.93. The first-order valence-corrected chi connectivity index (χ1v) is 9.50. The Hall–Kier alpha value is -1.77. The van der Waals surface area contributed by atoms with Crippen LogP contribution < -0.4 is 11.5 Å². The summed E-state index contributed by atoms with van der Waals surface area (Å²) in [4.78, 5) is 8.29. The molecule has 3 atom stereocenters. The van der Waals surface area contributed by atoms with Gasteiger partial charge in [-0.25, -0.2) is 4.99 Å². The second-order valence-electron chi connectivity index (χ2n) is 7.83. The van der Waals surface area contributed by atoms with Crippen LogP contribution in [0.4, 0.5) is 11.4 Å². The van der Waals surface area contributed by atoms with Gasteiger partial charge in [0.1, 0.15) is 5.84 Å². The van der Waals surface area contributed by atoms with Crippen molar-refractivity contribution in [1.29, 1.82) is 0 Å². The van der Waals surface area contributed by atoms with Crippen LogP contribution in [-0.2, 0) is 38.2 Å². The molecular weight excluding hydrogens is 443 g/mol. The van der Waals surface area contributed by atoms with Crippen LogP contribution in [0.25, 0.3) is 10.6 Å². The monoisotopic (exact) mass is 468 g/mol. The standard InChI is InChI=1S/C10H11N4.C10H14N3O.Y/c1-6-4-8-9(14-8)5-7(6)10(12)13-3-2-11;1-6-3-8-5-10(4-6,12-8)9-11-7(2)13-14-9;/h2-5H,11H2,1H3,(H2,12,13);6,8H,3-5H2,1-2H3;/q2*-1;/b3-2-;;/t;6-,8?,10?;/m.0./s1. The second-order valence-corrected chi connectivity index (χ2v) is 7.83. The molecule has 4 heterocycles. The Labute approximate surface area is 195 Å². The van der Waals surface area contributed by atoms with E-state index in [0.717, 1.165) is 47.2 Å². The van der Waals surface area contributed by atoms with E-state index in [0.29, 0.717) is 17.7 Å². The van der Waals surface area contributed by atoms with Gasteiger partial charge in [0, 0.05) is 50.7 Å². The number of benzene rings is 1. The second kappa shape index (κ2) is 8.54. The molecule has 151 valence electrons. The van der Waals surface area contributed by atoms with E-state index in [-0.39, 0.29) is 38.2 Å². The van der Waals surface area contributed by atoms with E-state index in [9.17, 15) is 0 Å². The van der Waals surface area contributed by atoms with Gasteiger partial charge in [0.05, 0.1) is 0 Å². The third kappa shape index (κ3) is 4.54. The van der Waals surface area contributed by atoms with Gasteiger partial charge in [-0.05, 0) is 30.9 Å². The van der Waals surface area contributed by atoms with E-state index in [1.165, 1.54) is 18.8 Å². The molecule has 4 N–H and O–H groups in total. The minimum absolute atomic E-state index is 0. The molecule has 1 saturated carbocycles. The molecule has 2 bridgehead atoms. The van der Waals surface area contributed by atoms with Crippen LogP contribution >= 0.6 is 0 Å². The molecule has 9 heteroatoms. The molecule has 3 aliphatic heterocycles. The number of fused-ring (bicyclic) bond motifs is 3. The number of nitrogens with two attached hydrogens (primary N) is 2. The number of piperidine rings is 1. The van der Waals surface area contributed by atoms with Gasteiger partial charge in [-0.2, -0.15) is 16.4 Å². The third-order valence-electron chi connectivity index (χ3n) is 5.38. The number of aryl methyl sites for hydroxylation is 2. The molecule has 2 aromatic rings. The fourth-order valence-corrected chi connectivity index (χ4v) is 4.15. The maximum absolute atomic E-state index is 5.78. The first kappa shape index (κ1) is 21.9. The van der Waals surface area contributed by atoms with Crippen molar-refractivity contribution in [1.82, 2.24) is 10.1 Å². The zero-order valence-corrected chi connectivity index (χ0v) is 19.8. The van der Waals surface area contributed by atoms with Crippen molar-refractivity contribution < 1.29 is 37.2 Å². The van der Waals surface area contributed by atoms with Gasteiger partial charge < -0.3 is 26.6 Å². The molecule has 0 amide bonds. The van der Waals surface area contributed by atoms with E-state index < -0.39 is 0 Å². The van der Waals surface area contributed by atoms with E-state index in [1.54, 1.807) is 0 Å². The molecule has 1 aliphatic carbocycles. The Morgan fingerprint density at radius 3 is 2.66 bits per heavy atom. The van der Waals surface area contributed by atoms with Crippen LogP contribution in [0, 0.1) is 19.8 Å². The van der Waals surface area contributed by atoms with Gasteiger partial charge in [-0.3, -0.25) is 0 Å². The van der Waals surface area contributed by atoms with Crippen molar-refractivity contribution in [2.45, 2.75) is 51.6 Å². The molecule has 4 aliphatic rings. The summed E-state index contributed by atoms with van der Waals surface area (Å²) < 4.78 is 5.24. The van der Waals surface area contributed by atoms with Gasteiger partial charge in [-0.15, -0.1) is 6.04 Å². The Kier molecular flexibility index (Phi) is 6.46. The number of aliphatic imine (C=N–C) groups is 1. The average Bonchev–Trinajstić information content (AvgIpc) is 3.25. The summed E-state index contributed by atoms with van der Waals surface area (Å²) in [6, 6.07) is 4.48. The molecule has 1 aromatic heterocycles. The van der Waals surface area contributed by atoms with Crippen LogP contribution in [-0.4, -0.2) is 22.0 Å². The topological polar surface area (TPSA) is 132 Å². The van der Waals surface area contributed by atoms with Crippen LogP contribution in [0.2, 0.25) is 0 Å². The molecule has 29 heavy (non-hydrogen) atoms. The molecule has 2 unspecified atom stereocenters. The molecule has 2 saturated heterocycles. The fourth-order valence-electron chi connectivity index (χ4n) is 4.15. The SMILES string of the molecule is Cc1cc2c(cc1C(N)=N/C=C\N)[N-]2.Cc1noc(C23CC(C[C@H](C)C2)[N-]3)n1.[Y]. The third-order valence-corrected chi connectivity index (χ3v) is 5.38. The van der Waals surface area contributed by atoms with Crippen LogP contribution in [0.15, 0.2) is 34.0 Å². The Balaban J connectivity index is 0.000000160. The molecule has 8 nitrogen and oxygen atoms in total. The summed E-state index contributed by atoms with van der Waals surface area (Å²) in [5, 5.41) is 12.7. The normalized spacial score (nSPS) is 26.4. The molecular formula is C20H25N7OY-2. The van der Waals surface area contributed by atoms with Gasteiger partial charge in [0.25, 0.3) is 0 Å². The number of aromatic nitrogens is 2. The molecule has 0 spiro atoms. The summed E-state index contributed by atoms with van der Waals surface area (Å²) in [5.41, 5.74) is 14.9. The number of amidine groups is 1. The van der Waals surface area contributed by atoms with Gasteiger partial charge >= 0.3 is 0 Å². The maximum Gasteiger partial charge on any atom is 0.212 e. The number of nitrogens with zero attached hydrogens (tertiary/aromatic N) is 5. The molecule has 6 rings (SSSR count). The first-order chi connectivity index (χ1) is 13.4. The van der Waals surface area contributed by atoms with Crippen molar-refractivity contribution >= 4 is 17.2 Å². The zero-order chi connectivity index (χ0) is 19.9. The zero-order valence-electron chi connectivity index (χ0n) is 17.0. The minimum Gasteiger partial charge on any atom is -0.660 e. The van der Waals surface area contributed by atoms with Gasteiger partial charge in [0.2, 0.25) is 5.89 Å². The smallest absolute Gasteiger partial charge is 0.212 e.